The first-order valence-electron chi connectivity index (χ1n) is 10.6. The molecule has 4 aromatic heterocycles. The largest absolute Gasteiger partial charge is 0.381 e. The molecule has 0 radical (unpaired) electrons. The van der Waals surface area contributed by atoms with Crippen molar-refractivity contribution in [2.75, 3.05) is 18.5 Å². The number of aromatic nitrogens is 5. The number of hydrogen-bond acceptors (Lipinski definition) is 6. The van der Waals surface area contributed by atoms with Gasteiger partial charge in [-0.25, -0.2) is 9.50 Å². The summed E-state index contributed by atoms with van der Waals surface area (Å²) < 4.78 is 7.10. The molecule has 5 rings (SSSR count). The molecular formula is C22H25N7O2. The fraction of sp³-hybridized carbons (Fsp3) is 0.364. The fourth-order valence-electron chi connectivity index (χ4n) is 3.90. The Morgan fingerprint density at radius 3 is 2.94 bits per heavy atom. The lowest BCUT2D eigenvalue weighted by atomic mass is 10.1. The molecule has 0 spiro atoms. The summed E-state index contributed by atoms with van der Waals surface area (Å²) in [6.07, 6.45) is 8.89. The Bertz CT molecular complexity index is 1240. The molecule has 3 N–H and O–H groups in total. The third-order valence-electron chi connectivity index (χ3n) is 5.48. The molecule has 160 valence electrons. The van der Waals surface area contributed by atoms with Gasteiger partial charge in [0.05, 0.1) is 17.3 Å². The molecule has 31 heavy (non-hydrogen) atoms. The highest BCUT2D eigenvalue weighted by Crippen LogP contribution is 2.29. The van der Waals surface area contributed by atoms with Gasteiger partial charge in [-0.1, -0.05) is 0 Å². The van der Waals surface area contributed by atoms with Crippen molar-refractivity contribution in [2.24, 2.45) is 0 Å². The van der Waals surface area contributed by atoms with Crippen LogP contribution in [-0.4, -0.2) is 55.8 Å². The number of anilines is 1. The number of rotatable bonds is 5. The van der Waals surface area contributed by atoms with Gasteiger partial charge >= 0.3 is 0 Å². The lowest BCUT2D eigenvalue weighted by molar-refractivity contribution is 0.0697. The molecule has 9 nitrogen and oxygen atoms in total. The van der Waals surface area contributed by atoms with Crippen LogP contribution in [0.4, 0.5) is 5.95 Å². The Kier molecular flexibility index (Phi) is 5.03. The normalized spacial score (nSPS) is 15.1. The molecule has 5 heterocycles. The lowest BCUT2D eigenvalue weighted by Crippen LogP contribution is -2.38. The molecule has 9 heteroatoms. The SMILES string of the molecule is CC(C)Nc1ncc2c(-c3ccn4ncc(C(=O)NC5CCOCC5)c4c3)c[nH]c2n1. The maximum absolute atomic E-state index is 12.9. The van der Waals surface area contributed by atoms with E-state index in [9.17, 15) is 4.79 Å². The summed E-state index contributed by atoms with van der Waals surface area (Å²) in [7, 11) is 0. The van der Waals surface area contributed by atoms with Gasteiger partial charge in [-0.3, -0.25) is 4.79 Å². The van der Waals surface area contributed by atoms with E-state index in [0.717, 1.165) is 40.5 Å². The molecule has 1 amide bonds. The second-order valence-electron chi connectivity index (χ2n) is 8.12. The van der Waals surface area contributed by atoms with E-state index in [2.05, 4.69) is 30.7 Å². The van der Waals surface area contributed by atoms with Crippen molar-refractivity contribution in [2.45, 2.75) is 38.8 Å². The van der Waals surface area contributed by atoms with Crippen LogP contribution in [0, 0.1) is 0 Å². The Hall–Kier alpha value is -3.46. The minimum Gasteiger partial charge on any atom is -0.381 e. The van der Waals surface area contributed by atoms with Crippen LogP contribution in [0.25, 0.3) is 27.7 Å². The molecule has 1 saturated heterocycles. The summed E-state index contributed by atoms with van der Waals surface area (Å²) >= 11 is 0. The highest BCUT2D eigenvalue weighted by molar-refractivity contribution is 6.02. The van der Waals surface area contributed by atoms with Crippen LogP contribution in [0.5, 0.6) is 0 Å². The standard InChI is InChI=1S/C22H25N7O2/c1-13(2)26-22-24-11-17-16(10-23-20(17)28-22)14-3-6-29-19(9-14)18(12-25-29)21(30)27-15-4-7-31-8-5-15/h3,6,9-13,15H,4-5,7-8H2,1-2H3,(H,27,30)(H2,23,24,26,28). The number of H-pyrrole nitrogens is 1. The predicted octanol–water partition coefficient (Wildman–Crippen LogP) is 3.00. The van der Waals surface area contributed by atoms with E-state index in [1.54, 1.807) is 10.7 Å². The van der Waals surface area contributed by atoms with E-state index in [0.29, 0.717) is 24.7 Å². The number of amides is 1. The minimum atomic E-state index is -0.106. The topological polar surface area (TPSA) is 109 Å². The Morgan fingerprint density at radius 2 is 2.13 bits per heavy atom. The Morgan fingerprint density at radius 1 is 1.29 bits per heavy atom. The van der Waals surface area contributed by atoms with Gasteiger partial charge in [0.1, 0.15) is 5.65 Å². The van der Waals surface area contributed by atoms with Gasteiger partial charge in [0, 0.05) is 54.8 Å². The maximum atomic E-state index is 12.9. The summed E-state index contributed by atoms with van der Waals surface area (Å²) in [6.45, 7) is 5.45. The molecule has 0 unspecified atom stereocenters. The molecule has 0 aliphatic carbocycles. The monoisotopic (exact) mass is 419 g/mol. The molecule has 1 fully saturated rings. The third-order valence-corrected chi connectivity index (χ3v) is 5.48. The van der Waals surface area contributed by atoms with E-state index >= 15 is 0 Å². The first-order chi connectivity index (χ1) is 15.1. The molecule has 4 aromatic rings. The molecule has 1 aliphatic heterocycles. The number of fused-ring (bicyclic) bond motifs is 2. The zero-order valence-electron chi connectivity index (χ0n) is 17.6. The van der Waals surface area contributed by atoms with Gasteiger partial charge < -0.3 is 20.4 Å². The number of carbonyl (C=O) groups excluding carboxylic acids is 1. The average Bonchev–Trinajstić information content (AvgIpc) is 3.37. The zero-order chi connectivity index (χ0) is 21.4. The first kappa shape index (κ1) is 19.5. The van der Waals surface area contributed by atoms with Gasteiger partial charge in [0.15, 0.2) is 0 Å². The van der Waals surface area contributed by atoms with Gasteiger partial charge in [0.2, 0.25) is 5.95 Å². The third kappa shape index (κ3) is 3.84. The summed E-state index contributed by atoms with van der Waals surface area (Å²) in [6, 6.07) is 4.35. The molecule has 1 aliphatic rings. The Balaban J connectivity index is 1.47. The van der Waals surface area contributed by atoms with Crippen molar-refractivity contribution >= 4 is 28.4 Å². The lowest BCUT2D eigenvalue weighted by Gasteiger charge is -2.22. The Labute approximate surface area is 179 Å². The summed E-state index contributed by atoms with van der Waals surface area (Å²) in [5, 5.41) is 11.6. The van der Waals surface area contributed by atoms with E-state index in [4.69, 9.17) is 4.74 Å². The van der Waals surface area contributed by atoms with E-state index in [-0.39, 0.29) is 18.0 Å². The predicted molar refractivity (Wildman–Crippen MR) is 118 cm³/mol. The van der Waals surface area contributed by atoms with Crippen molar-refractivity contribution in [1.29, 1.82) is 0 Å². The smallest absolute Gasteiger partial charge is 0.255 e. The van der Waals surface area contributed by atoms with Gasteiger partial charge in [-0.2, -0.15) is 10.1 Å². The van der Waals surface area contributed by atoms with Crippen LogP contribution in [0.1, 0.15) is 37.0 Å². The van der Waals surface area contributed by atoms with Crippen LogP contribution < -0.4 is 10.6 Å². The number of nitrogens with one attached hydrogen (secondary N) is 3. The van der Waals surface area contributed by atoms with E-state index in [1.165, 1.54) is 0 Å². The number of aromatic amines is 1. The number of pyridine rings is 1. The van der Waals surface area contributed by atoms with E-state index in [1.807, 2.05) is 44.6 Å². The maximum Gasteiger partial charge on any atom is 0.255 e. The molecular weight excluding hydrogens is 394 g/mol. The van der Waals surface area contributed by atoms with Crippen LogP contribution in [-0.2, 0) is 4.74 Å². The van der Waals surface area contributed by atoms with Crippen molar-refractivity contribution < 1.29 is 9.53 Å². The summed E-state index contributed by atoms with van der Waals surface area (Å²) in [5.74, 6) is 0.486. The van der Waals surface area contributed by atoms with Crippen molar-refractivity contribution in [1.82, 2.24) is 29.9 Å². The van der Waals surface area contributed by atoms with Gasteiger partial charge in [-0.15, -0.1) is 0 Å². The van der Waals surface area contributed by atoms with Gasteiger partial charge in [-0.05, 0) is 44.4 Å². The number of nitrogens with zero attached hydrogens (tertiary/aromatic N) is 4. The minimum absolute atomic E-state index is 0.106. The molecule has 0 atom stereocenters. The molecule has 0 aromatic carbocycles. The second kappa shape index (κ2) is 7.99. The van der Waals surface area contributed by atoms with Crippen LogP contribution in [0.2, 0.25) is 0 Å². The number of ether oxygens (including phenoxy) is 1. The number of hydrogen-bond donors (Lipinski definition) is 3. The summed E-state index contributed by atoms with van der Waals surface area (Å²) in [4.78, 5) is 25.1. The van der Waals surface area contributed by atoms with Crippen molar-refractivity contribution in [3.05, 3.63) is 42.5 Å². The van der Waals surface area contributed by atoms with Gasteiger partial charge in [0.25, 0.3) is 5.91 Å². The highest BCUT2D eigenvalue weighted by atomic mass is 16.5. The second-order valence-corrected chi connectivity index (χ2v) is 8.12. The quantitative estimate of drug-likeness (QED) is 0.459. The molecule has 0 saturated carbocycles. The van der Waals surface area contributed by atoms with E-state index < -0.39 is 0 Å². The highest BCUT2D eigenvalue weighted by Gasteiger charge is 2.20. The fourth-order valence-corrected chi connectivity index (χ4v) is 3.90. The zero-order valence-corrected chi connectivity index (χ0v) is 17.6. The molecule has 0 bridgehead atoms. The first-order valence-corrected chi connectivity index (χ1v) is 10.6. The number of carbonyl (C=O) groups is 1. The van der Waals surface area contributed by atoms with Crippen LogP contribution >= 0.6 is 0 Å². The van der Waals surface area contributed by atoms with Crippen molar-refractivity contribution in [3.63, 3.8) is 0 Å². The average molecular weight is 419 g/mol. The van der Waals surface area contributed by atoms with Crippen LogP contribution in [0.3, 0.4) is 0 Å². The summed E-state index contributed by atoms with van der Waals surface area (Å²) in [5.41, 5.74) is 4.03. The van der Waals surface area contributed by atoms with Crippen molar-refractivity contribution in [3.8, 4) is 11.1 Å². The van der Waals surface area contributed by atoms with Crippen LogP contribution in [0.15, 0.2) is 36.9 Å².